The normalized spacial score (nSPS) is 14.6. The lowest BCUT2D eigenvalue weighted by atomic mass is 10.0. The van der Waals surface area contributed by atoms with Crippen LogP contribution in [0.3, 0.4) is 0 Å². The summed E-state index contributed by atoms with van der Waals surface area (Å²) < 4.78 is 0. The van der Waals surface area contributed by atoms with Crippen LogP contribution in [0.1, 0.15) is 40.2 Å². The molecule has 32 heavy (non-hydrogen) atoms. The summed E-state index contributed by atoms with van der Waals surface area (Å²) in [7, 11) is 0. The van der Waals surface area contributed by atoms with Crippen LogP contribution in [0.5, 0.6) is 0 Å². The lowest BCUT2D eigenvalue weighted by Gasteiger charge is -2.33. The number of anilines is 1. The average Bonchev–Trinajstić information content (AvgIpc) is 2.81. The molecule has 0 atom stereocenters. The SMILES string of the molecule is [C-]#[N+]c1ccc(CN2CCC(Nc3cc(Cc4cnccn4)ncc3C(N)=O)CC2)cc1. The molecule has 1 aromatic carbocycles. The molecule has 1 fully saturated rings. The molecule has 0 spiro atoms. The fourth-order valence-electron chi connectivity index (χ4n) is 3.91. The Bertz CT molecular complexity index is 1100. The van der Waals surface area contributed by atoms with Crippen molar-refractivity contribution in [3.63, 3.8) is 0 Å². The Balaban J connectivity index is 1.38. The number of carbonyl (C=O) groups excluding carboxylic acids is 1. The second kappa shape index (κ2) is 9.98. The molecule has 1 saturated heterocycles. The molecule has 3 N–H and O–H groups in total. The molecule has 1 amide bonds. The number of aromatic nitrogens is 3. The summed E-state index contributed by atoms with van der Waals surface area (Å²) in [5, 5.41) is 3.52. The van der Waals surface area contributed by atoms with Crippen molar-refractivity contribution in [1.29, 1.82) is 0 Å². The van der Waals surface area contributed by atoms with Gasteiger partial charge in [-0.05, 0) is 24.5 Å². The van der Waals surface area contributed by atoms with Crippen LogP contribution in [0.25, 0.3) is 4.85 Å². The molecule has 1 aliphatic rings. The third kappa shape index (κ3) is 5.45. The van der Waals surface area contributed by atoms with Crippen molar-refractivity contribution >= 4 is 17.3 Å². The molecule has 162 valence electrons. The molecule has 0 radical (unpaired) electrons. The molecular formula is C24H25N7O. The molecular weight excluding hydrogens is 402 g/mol. The van der Waals surface area contributed by atoms with Crippen LogP contribution in [0.2, 0.25) is 0 Å². The van der Waals surface area contributed by atoms with Crippen LogP contribution in [-0.4, -0.2) is 44.9 Å². The maximum absolute atomic E-state index is 11.9. The number of hydrogen-bond donors (Lipinski definition) is 2. The van der Waals surface area contributed by atoms with Crippen molar-refractivity contribution in [1.82, 2.24) is 19.9 Å². The zero-order chi connectivity index (χ0) is 22.3. The number of likely N-dealkylation sites (tertiary alicyclic amines) is 1. The molecule has 0 saturated carbocycles. The van der Waals surface area contributed by atoms with Gasteiger partial charge < -0.3 is 11.1 Å². The monoisotopic (exact) mass is 427 g/mol. The van der Waals surface area contributed by atoms with Crippen molar-refractivity contribution in [3.05, 3.63) is 89.1 Å². The van der Waals surface area contributed by atoms with E-state index in [2.05, 4.69) is 30.0 Å². The van der Waals surface area contributed by atoms with Crippen molar-refractivity contribution in [3.8, 4) is 0 Å². The van der Waals surface area contributed by atoms with Crippen LogP contribution in [0.4, 0.5) is 11.4 Å². The number of nitrogens with zero attached hydrogens (tertiary/aromatic N) is 5. The summed E-state index contributed by atoms with van der Waals surface area (Å²) in [5.74, 6) is -0.494. The van der Waals surface area contributed by atoms with Gasteiger partial charge in [0.05, 0.1) is 23.5 Å². The fraction of sp³-hybridized carbons (Fsp3) is 0.292. The van der Waals surface area contributed by atoms with E-state index in [0.29, 0.717) is 17.7 Å². The van der Waals surface area contributed by atoms with E-state index in [1.54, 1.807) is 18.6 Å². The van der Waals surface area contributed by atoms with Crippen molar-refractivity contribution in [2.75, 3.05) is 18.4 Å². The van der Waals surface area contributed by atoms with E-state index in [4.69, 9.17) is 12.3 Å². The molecule has 0 aliphatic carbocycles. The van der Waals surface area contributed by atoms with Gasteiger partial charge in [-0.1, -0.05) is 24.3 Å². The highest BCUT2D eigenvalue weighted by Crippen LogP contribution is 2.23. The van der Waals surface area contributed by atoms with Crippen molar-refractivity contribution < 1.29 is 4.79 Å². The molecule has 0 bridgehead atoms. The van der Waals surface area contributed by atoms with Gasteiger partial charge in [0.1, 0.15) is 0 Å². The quantitative estimate of drug-likeness (QED) is 0.562. The minimum Gasteiger partial charge on any atom is -0.381 e. The lowest BCUT2D eigenvalue weighted by molar-refractivity contribution is 0.100. The van der Waals surface area contributed by atoms with Gasteiger partial charge in [-0.15, -0.1) is 0 Å². The Morgan fingerprint density at radius 3 is 2.56 bits per heavy atom. The Morgan fingerprint density at radius 2 is 1.91 bits per heavy atom. The maximum atomic E-state index is 11.9. The summed E-state index contributed by atoms with van der Waals surface area (Å²) >= 11 is 0. The number of benzene rings is 1. The lowest BCUT2D eigenvalue weighted by Crippen LogP contribution is -2.39. The number of nitrogens with two attached hydrogens (primary N) is 1. The Kier molecular flexibility index (Phi) is 6.68. The standard InChI is InChI=1S/C24H25N7O/c1-26-18-4-2-17(3-5-18)16-31-10-6-19(7-11-31)30-23-13-20(29-15-22(23)24(25)32)12-21-14-27-8-9-28-21/h2-5,8-9,13-15,19H,6-7,10-12,16H2,(H2,25,32)(H,29,30). The number of pyridine rings is 1. The first kappa shape index (κ1) is 21.4. The third-order valence-corrected chi connectivity index (χ3v) is 5.62. The molecule has 3 aromatic rings. The zero-order valence-corrected chi connectivity index (χ0v) is 17.7. The van der Waals surface area contributed by atoms with E-state index < -0.39 is 5.91 Å². The van der Waals surface area contributed by atoms with Crippen molar-refractivity contribution in [2.45, 2.75) is 31.8 Å². The van der Waals surface area contributed by atoms with E-state index in [-0.39, 0.29) is 6.04 Å². The summed E-state index contributed by atoms with van der Waals surface area (Å²) in [6.07, 6.45) is 8.99. The maximum Gasteiger partial charge on any atom is 0.252 e. The van der Waals surface area contributed by atoms with Crippen LogP contribution in [-0.2, 0) is 13.0 Å². The highest BCUT2D eigenvalue weighted by molar-refractivity contribution is 5.98. The summed E-state index contributed by atoms with van der Waals surface area (Å²) in [6, 6.07) is 9.91. The van der Waals surface area contributed by atoms with Crippen LogP contribution >= 0.6 is 0 Å². The van der Waals surface area contributed by atoms with E-state index in [1.807, 2.05) is 30.3 Å². The number of amides is 1. The average molecular weight is 428 g/mol. The van der Waals surface area contributed by atoms with Gasteiger partial charge in [0.2, 0.25) is 0 Å². The Morgan fingerprint density at radius 1 is 1.12 bits per heavy atom. The van der Waals surface area contributed by atoms with Gasteiger partial charge in [-0.25, -0.2) is 4.85 Å². The predicted molar refractivity (Wildman–Crippen MR) is 122 cm³/mol. The number of carbonyl (C=O) groups is 1. The second-order valence-corrected chi connectivity index (χ2v) is 7.93. The molecule has 3 heterocycles. The highest BCUT2D eigenvalue weighted by atomic mass is 16.1. The van der Waals surface area contributed by atoms with Gasteiger partial charge >= 0.3 is 0 Å². The van der Waals surface area contributed by atoms with E-state index in [1.165, 1.54) is 11.8 Å². The smallest absolute Gasteiger partial charge is 0.252 e. The second-order valence-electron chi connectivity index (χ2n) is 7.93. The minimum absolute atomic E-state index is 0.251. The van der Waals surface area contributed by atoms with Crippen molar-refractivity contribution in [2.24, 2.45) is 5.73 Å². The summed E-state index contributed by atoms with van der Waals surface area (Å²) in [5.41, 5.74) is 10.2. The summed E-state index contributed by atoms with van der Waals surface area (Å²) in [4.78, 5) is 30.5. The van der Waals surface area contributed by atoms with Crippen LogP contribution in [0.15, 0.2) is 55.1 Å². The van der Waals surface area contributed by atoms with Crippen LogP contribution in [0, 0.1) is 6.57 Å². The number of nitrogens with one attached hydrogen (secondary N) is 1. The van der Waals surface area contributed by atoms with Gasteiger partial charge in [-0.3, -0.25) is 24.6 Å². The minimum atomic E-state index is -0.494. The molecule has 4 rings (SSSR count). The number of primary amides is 1. The van der Waals surface area contributed by atoms with Gasteiger partial charge in [0.25, 0.3) is 5.91 Å². The molecule has 1 aliphatic heterocycles. The first-order chi connectivity index (χ1) is 15.6. The topological polar surface area (TPSA) is 101 Å². The Hall–Kier alpha value is -3.83. The van der Waals surface area contributed by atoms with Crippen LogP contribution < -0.4 is 11.1 Å². The molecule has 8 nitrogen and oxygen atoms in total. The van der Waals surface area contributed by atoms with E-state index >= 15 is 0 Å². The first-order valence-corrected chi connectivity index (χ1v) is 10.6. The zero-order valence-electron chi connectivity index (χ0n) is 17.7. The summed E-state index contributed by atoms with van der Waals surface area (Å²) in [6.45, 7) is 9.83. The number of piperidine rings is 1. The third-order valence-electron chi connectivity index (χ3n) is 5.62. The van der Waals surface area contributed by atoms with E-state index in [0.717, 1.165) is 49.6 Å². The van der Waals surface area contributed by atoms with E-state index in [9.17, 15) is 4.79 Å². The van der Waals surface area contributed by atoms with Gasteiger partial charge in [-0.2, -0.15) is 0 Å². The van der Waals surface area contributed by atoms with Gasteiger partial charge in [0, 0.05) is 62.6 Å². The largest absolute Gasteiger partial charge is 0.381 e. The predicted octanol–water partition coefficient (Wildman–Crippen LogP) is 3.19. The molecule has 8 heteroatoms. The van der Waals surface area contributed by atoms with Gasteiger partial charge in [0.15, 0.2) is 5.69 Å². The molecule has 0 unspecified atom stereocenters. The molecule has 2 aromatic heterocycles. The Labute approximate surface area is 187 Å². The highest BCUT2D eigenvalue weighted by Gasteiger charge is 2.21. The number of rotatable bonds is 7. The first-order valence-electron chi connectivity index (χ1n) is 10.6. The fourth-order valence-corrected chi connectivity index (χ4v) is 3.91. The number of hydrogen-bond acceptors (Lipinski definition) is 6.